The van der Waals surface area contributed by atoms with Gasteiger partial charge in [-0.25, -0.2) is 9.59 Å². The molecule has 3 atom stereocenters. The SMILES string of the molecule is C=CC(=O)O[C@H](C)COC[C@H](C)OC[C@@H](C)OC(=O)C=C. The fourth-order valence-corrected chi connectivity index (χ4v) is 1.31. The highest BCUT2D eigenvalue weighted by atomic mass is 16.6. The first-order valence-corrected chi connectivity index (χ1v) is 6.74. The Balaban J connectivity index is 3.73. The Morgan fingerprint density at radius 2 is 1.29 bits per heavy atom. The van der Waals surface area contributed by atoms with Gasteiger partial charge in [-0.1, -0.05) is 13.2 Å². The molecule has 0 amide bonds. The van der Waals surface area contributed by atoms with Crippen molar-refractivity contribution in [1.82, 2.24) is 0 Å². The Morgan fingerprint density at radius 3 is 1.76 bits per heavy atom. The average molecular weight is 300 g/mol. The summed E-state index contributed by atoms with van der Waals surface area (Å²) in [7, 11) is 0. The molecule has 0 saturated carbocycles. The number of esters is 2. The van der Waals surface area contributed by atoms with Gasteiger partial charge >= 0.3 is 11.9 Å². The van der Waals surface area contributed by atoms with Gasteiger partial charge in [0.05, 0.1) is 25.9 Å². The number of rotatable bonds is 11. The molecular formula is C15H24O6. The van der Waals surface area contributed by atoms with Crippen LogP contribution in [0.1, 0.15) is 20.8 Å². The second kappa shape index (κ2) is 11.0. The molecule has 0 aliphatic rings. The molecule has 21 heavy (non-hydrogen) atoms. The van der Waals surface area contributed by atoms with Crippen LogP contribution in [0.2, 0.25) is 0 Å². The van der Waals surface area contributed by atoms with Crippen LogP contribution in [0.3, 0.4) is 0 Å². The van der Waals surface area contributed by atoms with Gasteiger partial charge in [0.25, 0.3) is 0 Å². The lowest BCUT2D eigenvalue weighted by molar-refractivity contribution is -0.149. The summed E-state index contributed by atoms with van der Waals surface area (Å²) in [5, 5.41) is 0. The average Bonchev–Trinajstić information content (AvgIpc) is 2.44. The summed E-state index contributed by atoms with van der Waals surface area (Å²) in [5.41, 5.74) is 0. The highest BCUT2D eigenvalue weighted by Crippen LogP contribution is 2.00. The fraction of sp³-hybridized carbons (Fsp3) is 0.600. The van der Waals surface area contributed by atoms with Gasteiger partial charge in [0.2, 0.25) is 0 Å². The van der Waals surface area contributed by atoms with Crippen molar-refractivity contribution in [3.05, 3.63) is 25.3 Å². The largest absolute Gasteiger partial charge is 0.457 e. The number of hydrogen-bond acceptors (Lipinski definition) is 6. The standard InChI is InChI=1S/C15H24O6/c1-6-14(16)20-12(4)9-18-8-11(3)19-10-13(5)21-15(17)7-2/h6-7,11-13H,1-2,8-10H2,3-5H3/t11-,12+,13+/m0/s1. The lowest BCUT2D eigenvalue weighted by atomic mass is 10.4. The minimum Gasteiger partial charge on any atom is -0.457 e. The van der Waals surface area contributed by atoms with Gasteiger partial charge in [0.1, 0.15) is 12.2 Å². The van der Waals surface area contributed by atoms with E-state index in [0.717, 1.165) is 12.2 Å². The molecule has 0 saturated heterocycles. The maximum atomic E-state index is 11.0. The molecule has 0 spiro atoms. The Morgan fingerprint density at radius 1 is 0.857 bits per heavy atom. The molecule has 0 aliphatic carbocycles. The van der Waals surface area contributed by atoms with Crippen LogP contribution in [0.15, 0.2) is 25.3 Å². The second-order valence-electron chi connectivity index (χ2n) is 4.58. The van der Waals surface area contributed by atoms with Gasteiger partial charge in [0, 0.05) is 12.2 Å². The normalized spacial score (nSPS) is 14.6. The van der Waals surface area contributed by atoms with Crippen LogP contribution in [0.25, 0.3) is 0 Å². The summed E-state index contributed by atoms with van der Waals surface area (Å²) in [5.74, 6) is -0.957. The van der Waals surface area contributed by atoms with E-state index in [9.17, 15) is 9.59 Å². The van der Waals surface area contributed by atoms with Crippen molar-refractivity contribution in [3.63, 3.8) is 0 Å². The molecule has 0 aromatic rings. The summed E-state index contributed by atoms with van der Waals surface area (Å²) >= 11 is 0. The van der Waals surface area contributed by atoms with E-state index in [4.69, 9.17) is 18.9 Å². The summed E-state index contributed by atoms with van der Waals surface area (Å²) in [6, 6.07) is 0. The summed E-state index contributed by atoms with van der Waals surface area (Å²) in [6.45, 7) is 12.8. The molecule has 0 aliphatic heterocycles. The number of carbonyl (C=O) groups is 2. The minimum absolute atomic E-state index is 0.169. The predicted octanol–water partition coefficient (Wildman–Crippen LogP) is 1.64. The van der Waals surface area contributed by atoms with E-state index >= 15 is 0 Å². The van der Waals surface area contributed by atoms with Crippen LogP contribution in [0.4, 0.5) is 0 Å². The number of hydrogen-bond donors (Lipinski definition) is 0. The van der Waals surface area contributed by atoms with Crippen LogP contribution < -0.4 is 0 Å². The third-order valence-electron chi connectivity index (χ3n) is 2.29. The van der Waals surface area contributed by atoms with Crippen molar-refractivity contribution in [3.8, 4) is 0 Å². The molecule has 0 rings (SSSR count). The van der Waals surface area contributed by atoms with E-state index in [1.807, 2.05) is 6.92 Å². The van der Waals surface area contributed by atoms with Crippen LogP contribution in [-0.4, -0.2) is 50.1 Å². The summed E-state index contributed by atoms with van der Waals surface area (Å²) in [4.78, 5) is 21.9. The van der Waals surface area contributed by atoms with Gasteiger partial charge in [-0.3, -0.25) is 0 Å². The zero-order valence-electron chi connectivity index (χ0n) is 12.9. The van der Waals surface area contributed by atoms with Gasteiger partial charge in [-0.05, 0) is 20.8 Å². The van der Waals surface area contributed by atoms with Crippen LogP contribution in [-0.2, 0) is 28.5 Å². The van der Waals surface area contributed by atoms with Crippen molar-refractivity contribution in [2.24, 2.45) is 0 Å². The highest BCUT2D eigenvalue weighted by Gasteiger charge is 2.11. The van der Waals surface area contributed by atoms with E-state index in [2.05, 4.69) is 13.2 Å². The monoisotopic (exact) mass is 300 g/mol. The zero-order valence-corrected chi connectivity index (χ0v) is 12.9. The summed E-state index contributed by atoms with van der Waals surface area (Å²) < 4.78 is 20.8. The molecule has 6 nitrogen and oxygen atoms in total. The molecule has 0 heterocycles. The Hall–Kier alpha value is -1.66. The van der Waals surface area contributed by atoms with E-state index in [1.54, 1.807) is 13.8 Å². The molecule has 0 bridgehead atoms. The predicted molar refractivity (Wildman–Crippen MR) is 77.7 cm³/mol. The first-order chi connectivity index (χ1) is 9.88. The Kier molecular flexibility index (Phi) is 10.2. The van der Waals surface area contributed by atoms with Gasteiger partial charge in [-0.2, -0.15) is 0 Å². The zero-order chi connectivity index (χ0) is 16.3. The lowest BCUT2D eigenvalue weighted by Crippen LogP contribution is -2.26. The Labute approximate surface area is 125 Å². The molecule has 0 unspecified atom stereocenters. The quantitative estimate of drug-likeness (QED) is 0.427. The van der Waals surface area contributed by atoms with Crippen LogP contribution in [0.5, 0.6) is 0 Å². The minimum atomic E-state index is -0.479. The van der Waals surface area contributed by atoms with Crippen LogP contribution >= 0.6 is 0 Å². The van der Waals surface area contributed by atoms with Crippen molar-refractivity contribution >= 4 is 11.9 Å². The second-order valence-corrected chi connectivity index (χ2v) is 4.58. The molecule has 0 radical (unpaired) electrons. The van der Waals surface area contributed by atoms with E-state index in [-0.39, 0.29) is 31.5 Å². The third-order valence-corrected chi connectivity index (χ3v) is 2.29. The topological polar surface area (TPSA) is 71.1 Å². The molecular weight excluding hydrogens is 276 g/mol. The first-order valence-electron chi connectivity index (χ1n) is 6.74. The fourth-order valence-electron chi connectivity index (χ4n) is 1.31. The molecule has 0 N–H and O–H groups in total. The third kappa shape index (κ3) is 10.8. The summed E-state index contributed by atoms with van der Waals surface area (Å²) in [6.07, 6.45) is 1.33. The van der Waals surface area contributed by atoms with Crippen molar-refractivity contribution < 1.29 is 28.5 Å². The highest BCUT2D eigenvalue weighted by molar-refractivity contribution is 5.81. The molecule has 0 fully saturated rings. The van der Waals surface area contributed by atoms with Crippen molar-refractivity contribution in [2.45, 2.75) is 39.1 Å². The first kappa shape index (κ1) is 19.3. The molecule has 0 aromatic carbocycles. The van der Waals surface area contributed by atoms with Crippen LogP contribution in [0, 0.1) is 0 Å². The van der Waals surface area contributed by atoms with Gasteiger partial charge < -0.3 is 18.9 Å². The van der Waals surface area contributed by atoms with E-state index in [0.29, 0.717) is 6.61 Å². The smallest absolute Gasteiger partial charge is 0.330 e. The van der Waals surface area contributed by atoms with Crippen molar-refractivity contribution in [1.29, 1.82) is 0 Å². The number of ether oxygens (including phenoxy) is 4. The lowest BCUT2D eigenvalue weighted by Gasteiger charge is -2.18. The maximum Gasteiger partial charge on any atom is 0.330 e. The molecule has 6 heteroatoms. The van der Waals surface area contributed by atoms with E-state index < -0.39 is 11.9 Å². The van der Waals surface area contributed by atoms with Crippen molar-refractivity contribution in [2.75, 3.05) is 19.8 Å². The molecule has 0 aromatic heterocycles. The molecule has 120 valence electrons. The maximum absolute atomic E-state index is 11.0. The van der Waals surface area contributed by atoms with Gasteiger partial charge in [-0.15, -0.1) is 0 Å². The van der Waals surface area contributed by atoms with E-state index in [1.165, 1.54) is 0 Å². The van der Waals surface area contributed by atoms with Gasteiger partial charge in [0.15, 0.2) is 0 Å². The number of carbonyl (C=O) groups excluding carboxylic acids is 2. The Bertz CT molecular complexity index is 352.